The monoisotopic (exact) mass is 337 g/mol. The van der Waals surface area contributed by atoms with E-state index >= 15 is 0 Å². The predicted octanol–water partition coefficient (Wildman–Crippen LogP) is 2.34. The highest BCUT2D eigenvalue weighted by molar-refractivity contribution is 7.13. The van der Waals surface area contributed by atoms with E-state index in [9.17, 15) is 4.79 Å². The molecule has 0 unspecified atom stereocenters. The minimum atomic E-state index is -0.438. The molecule has 0 aliphatic carbocycles. The van der Waals surface area contributed by atoms with Gasteiger partial charge in [-0.25, -0.2) is 4.98 Å². The van der Waals surface area contributed by atoms with Gasteiger partial charge in [0.1, 0.15) is 6.10 Å². The molecule has 7 nitrogen and oxygen atoms in total. The molecule has 2 N–H and O–H groups in total. The Labute approximate surface area is 138 Å². The molecule has 0 aliphatic rings. The highest BCUT2D eigenvalue weighted by Crippen LogP contribution is 2.21. The number of hydrogen-bond acceptors (Lipinski definition) is 7. The maximum atomic E-state index is 12.3. The molecule has 2 rings (SSSR count). The number of carbonyl (C=O) groups is 1. The molecule has 1 atom stereocenters. The third kappa shape index (κ3) is 5.19. The standard InChI is InChI=1S/C15H19N3O4S/c1-9(2)21-12-6-11(7-13(17-12)22-10(3)8-19)14(20)18-15-16-4-5-23-15/h4-7,9-10,19H,8H2,1-3H3,(H,16,18,20)/t10-/m1/s1. The van der Waals surface area contributed by atoms with Gasteiger partial charge in [-0.3, -0.25) is 10.1 Å². The van der Waals surface area contributed by atoms with Crippen LogP contribution in [-0.2, 0) is 0 Å². The number of carbonyl (C=O) groups excluding carboxylic acids is 1. The third-order valence-electron chi connectivity index (χ3n) is 2.63. The van der Waals surface area contributed by atoms with Crippen LogP contribution in [0.2, 0.25) is 0 Å². The van der Waals surface area contributed by atoms with Crippen LogP contribution >= 0.6 is 11.3 Å². The molecule has 23 heavy (non-hydrogen) atoms. The average Bonchev–Trinajstić information content (AvgIpc) is 2.99. The van der Waals surface area contributed by atoms with Crippen LogP contribution in [0.15, 0.2) is 23.7 Å². The smallest absolute Gasteiger partial charge is 0.257 e. The molecule has 0 saturated heterocycles. The van der Waals surface area contributed by atoms with Crippen molar-refractivity contribution in [2.75, 3.05) is 11.9 Å². The zero-order chi connectivity index (χ0) is 16.8. The van der Waals surface area contributed by atoms with E-state index < -0.39 is 6.10 Å². The van der Waals surface area contributed by atoms with Crippen molar-refractivity contribution in [2.24, 2.45) is 0 Å². The molecule has 2 heterocycles. The van der Waals surface area contributed by atoms with Gasteiger partial charge < -0.3 is 14.6 Å². The first-order valence-electron chi connectivity index (χ1n) is 7.15. The largest absolute Gasteiger partial charge is 0.475 e. The van der Waals surface area contributed by atoms with Crippen LogP contribution in [0.25, 0.3) is 0 Å². The number of nitrogens with one attached hydrogen (secondary N) is 1. The van der Waals surface area contributed by atoms with Crippen molar-refractivity contribution in [3.05, 3.63) is 29.3 Å². The van der Waals surface area contributed by atoms with Crippen molar-refractivity contribution in [1.29, 1.82) is 0 Å². The molecular weight excluding hydrogens is 318 g/mol. The van der Waals surface area contributed by atoms with Gasteiger partial charge in [-0.15, -0.1) is 11.3 Å². The molecule has 0 bridgehead atoms. The molecule has 1 amide bonds. The Bertz CT molecular complexity index is 646. The maximum absolute atomic E-state index is 12.3. The van der Waals surface area contributed by atoms with Gasteiger partial charge in [0, 0.05) is 23.7 Å². The van der Waals surface area contributed by atoms with Crippen LogP contribution in [0.5, 0.6) is 11.8 Å². The summed E-state index contributed by atoms with van der Waals surface area (Å²) in [5, 5.41) is 14.1. The van der Waals surface area contributed by atoms with Crippen LogP contribution in [0.1, 0.15) is 31.1 Å². The summed E-state index contributed by atoms with van der Waals surface area (Å²) in [6.07, 6.45) is 1.08. The van der Waals surface area contributed by atoms with Crippen LogP contribution in [-0.4, -0.2) is 39.8 Å². The zero-order valence-electron chi connectivity index (χ0n) is 13.1. The second-order valence-corrected chi connectivity index (χ2v) is 6.00. The number of anilines is 1. The van der Waals surface area contributed by atoms with Gasteiger partial charge in [0.2, 0.25) is 11.8 Å². The molecular formula is C15H19N3O4S. The van der Waals surface area contributed by atoms with Gasteiger partial charge in [0.15, 0.2) is 5.13 Å². The predicted molar refractivity (Wildman–Crippen MR) is 87.2 cm³/mol. The summed E-state index contributed by atoms with van der Waals surface area (Å²) < 4.78 is 11.0. The molecule has 124 valence electrons. The van der Waals surface area contributed by atoms with Gasteiger partial charge in [-0.05, 0) is 20.8 Å². The lowest BCUT2D eigenvalue weighted by Crippen LogP contribution is -2.19. The molecule has 0 aliphatic heterocycles. The minimum Gasteiger partial charge on any atom is -0.475 e. The summed E-state index contributed by atoms with van der Waals surface area (Å²) in [5.41, 5.74) is 0.339. The highest BCUT2D eigenvalue weighted by atomic mass is 32.1. The number of ether oxygens (including phenoxy) is 2. The molecule has 8 heteroatoms. The summed E-state index contributed by atoms with van der Waals surface area (Å²) in [4.78, 5) is 20.5. The van der Waals surface area contributed by atoms with Crippen LogP contribution < -0.4 is 14.8 Å². The lowest BCUT2D eigenvalue weighted by atomic mass is 10.2. The Kier molecular flexibility index (Phi) is 5.89. The second kappa shape index (κ2) is 7.89. The first-order valence-corrected chi connectivity index (χ1v) is 8.03. The number of nitrogens with zero attached hydrogens (tertiary/aromatic N) is 2. The number of aliphatic hydroxyl groups excluding tert-OH is 1. The summed E-state index contributed by atoms with van der Waals surface area (Å²) in [6, 6.07) is 3.04. The van der Waals surface area contributed by atoms with E-state index in [0.717, 1.165) is 0 Å². The molecule has 0 aromatic carbocycles. The van der Waals surface area contributed by atoms with Crippen molar-refractivity contribution in [2.45, 2.75) is 33.0 Å². The van der Waals surface area contributed by atoms with E-state index in [2.05, 4.69) is 15.3 Å². The number of rotatable bonds is 7. The molecule has 2 aromatic heterocycles. The van der Waals surface area contributed by atoms with Crippen molar-refractivity contribution in [3.8, 4) is 11.8 Å². The molecule has 0 saturated carbocycles. The SMILES string of the molecule is CC(C)Oc1cc(C(=O)Nc2nccs2)cc(O[C@H](C)CO)n1. The van der Waals surface area contributed by atoms with E-state index in [1.807, 2.05) is 13.8 Å². The summed E-state index contributed by atoms with van der Waals surface area (Å²) in [6.45, 7) is 5.27. The minimum absolute atomic E-state index is 0.0945. The van der Waals surface area contributed by atoms with Crippen molar-refractivity contribution < 1.29 is 19.4 Å². The van der Waals surface area contributed by atoms with E-state index in [1.165, 1.54) is 17.4 Å². The van der Waals surface area contributed by atoms with Gasteiger partial charge in [0.25, 0.3) is 5.91 Å². The lowest BCUT2D eigenvalue weighted by molar-refractivity contribution is 0.102. The fourth-order valence-corrected chi connectivity index (χ4v) is 2.20. The Morgan fingerprint density at radius 1 is 1.30 bits per heavy atom. The Balaban J connectivity index is 2.25. The van der Waals surface area contributed by atoms with E-state index in [-0.39, 0.29) is 30.4 Å². The second-order valence-electron chi connectivity index (χ2n) is 5.10. The van der Waals surface area contributed by atoms with E-state index in [1.54, 1.807) is 24.6 Å². The Morgan fingerprint density at radius 2 is 2.00 bits per heavy atom. The van der Waals surface area contributed by atoms with Crippen molar-refractivity contribution >= 4 is 22.4 Å². The van der Waals surface area contributed by atoms with Gasteiger partial charge in [0.05, 0.1) is 18.3 Å². The first-order chi connectivity index (χ1) is 11.0. The molecule has 0 fully saturated rings. The summed E-state index contributed by atoms with van der Waals surface area (Å²) >= 11 is 1.33. The molecule has 0 radical (unpaired) electrons. The van der Waals surface area contributed by atoms with E-state index in [0.29, 0.717) is 10.7 Å². The Morgan fingerprint density at radius 3 is 2.57 bits per heavy atom. The highest BCUT2D eigenvalue weighted by Gasteiger charge is 2.15. The number of aromatic nitrogens is 2. The topological polar surface area (TPSA) is 93.6 Å². The quantitative estimate of drug-likeness (QED) is 0.805. The summed E-state index contributed by atoms with van der Waals surface area (Å²) in [5.74, 6) is 0.165. The fraction of sp³-hybridized carbons (Fsp3) is 0.400. The molecule has 2 aromatic rings. The van der Waals surface area contributed by atoms with Gasteiger partial charge in [-0.1, -0.05) is 0 Å². The Hall–Kier alpha value is -2.19. The number of hydrogen-bond donors (Lipinski definition) is 2. The van der Waals surface area contributed by atoms with Crippen LogP contribution in [0.4, 0.5) is 5.13 Å². The number of pyridine rings is 1. The number of amides is 1. The lowest BCUT2D eigenvalue weighted by Gasteiger charge is -2.15. The summed E-state index contributed by atoms with van der Waals surface area (Å²) in [7, 11) is 0. The van der Waals surface area contributed by atoms with E-state index in [4.69, 9.17) is 14.6 Å². The normalized spacial score (nSPS) is 12.0. The maximum Gasteiger partial charge on any atom is 0.257 e. The number of aliphatic hydroxyl groups is 1. The average molecular weight is 337 g/mol. The third-order valence-corrected chi connectivity index (χ3v) is 3.32. The van der Waals surface area contributed by atoms with Crippen molar-refractivity contribution in [1.82, 2.24) is 9.97 Å². The van der Waals surface area contributed by atoms with Gasteiger partial charge >= 0.3 is 0 Å². The van der Waals surface area contributed by atoms with Gasteiger partial charge in [-0.2, -0.15) is 4.98 Å². The van der Waals surface area contributed by atoms with Crippen LogP contribution in [0, 0.1) is 0 Å². The van der Waals surface area contributed by atoms with Crippen molar-refractivity contribution in [3.63, 3.8) is 0 Å². The van der Waals surface area contributed by atoms with Crippen LogP contribution in [0.3, 0.4) is 0 Å². The first kappa shape index (κ1) is 17.2. The molecule has 0 spiro atoms. The number of thiazole rings is 1. The fourth-order valence-electron chi connectivity index (χ4n) is 1.67. The zero-order valence-corrected chi connectivity index (χ0v) is 14.0.